The molecule has 0 fully saturated rings. The molecule has 26 heavy (non-hydrogen) atoms. The Morgan fingerprint density at radius 1 is 1.00 bits per heavy atom. The number of hydrogen-bond acceptors (Lipinski definition) is 3. The minimum absolute atomic E-state index is 0.290. The lowest BCUT2D eigenvalue weighted by molar-refractivity contribution is 0.160. The van der Waals surface area contributed by atoms with E-state index in [1.54, 1.807) is 12.4 Å². The van der Waals surface area contributed by atoms with E-state index in [1.807, 2.05) is 61.5 Å². The Bertz CT molecular complexity index is 832. The van der Waals surface area contributed by atoms with Crippen molar-refractivity contribution in [2.75, 3.05) is 0 Å². The van der Waals surface area contributed by atoms with E-state index in [9.17, 15) is 5.11 Å². The van der Waals surface area contributed by atoms with Crippen LogP contribution in [-0.4, -0.2) is 16.2 Å². The van der Waals surface area contributed by atoms with E-state index in [2.05, 4.69) is 4.98 Å². The maximum absolute atomic E-state index is 9.79. The number of aliphatic hydroxyl groups excluding tert-OH is 1. The number of aromatic nitrogens is 1. The number of pyridine rings is 1. The molecule has 0 saturated heterocycles. The highest BCUT2D eigenvalue weighted by Gasteiger charge is 2.08. The minimum Gasteiger partial charge on any atom is -0.457 e. The number of halogens is 1. The molecule has 0 aliphatic carbocycles. The van der Waals surface area contributed by atoms with Crippen LogP contribution in [0.4, 0.5) is 0 Å². The predicted octanol–water partition coefficient (Wildman–Crippen LogP) is 5.90. The molecule has 3 nitrogen and oxygen atoms in total. The Kier molecular flexibility index (Phi) is 6.26. The SMILES string of the molecule is CCC(O)CCc1cnccc1Oc1ccc(-c2ccc(Cl)cc2)cc1. The second-order valence-electron chi connectivity index (χ2n) is 6.22. The third kappa shape index (κ3) is 4.84. The van der Waals surface area contributed by atoms with Crippen LogP contribution < -0.4 is 4.74 Å². The van der Waals surface area contributed by atoms with Crippen molar-refractivity contribution in [3.05, 3.63) is 77.6 Å². The zero-order valence-electron chi connectivity index (χ0n) is 14.7. The highest BCUT2D eigenvalue weighted by molar-refractivity contribution is 6.30. The molecule has 1 atom stereocenters. The lowest BCUT2D eigenvalue weighted by Crippen LogP contribution is -2.06. The van der Waals surface area contributed by atoms with Crippen LogP contribution in [0.3, 0.4) is 0 Å². The van der Waals surface area contributed by atoms with Gasteiger partial charge in [-0.25, -0.2) is 0 Å². The van der Waals surface area contributed by atoms with Gasteiger partial charge in [0, 0.05) is 23.0 Å². The summed E-state index contributed by atoms with van der Waals surface area (Å²) < 4.78 is 6.04. The molecule has 1 aromatic heterocycles. The molecule has 1 heterocycles. The molecule has 1 N–H and O–H groups in total. The Morgan fingerprint density at radius 3 is 2.31 bits per heavy atom. The first-order valence-electron chi connectivity index (χ1n) is 8.80. The van der Waals surface area contributed by atoms with E-state index in [0.29, 0.717) is 6.42 Å². The fourth-order valence-corrected chi connectivity index (χ4v) is 2.84. The van der Waals surface area contributed by atoms with Crippen LogP contribution >= 0.6 is 11.6 Å². The van der Waals surface area contributed by atoms with Gasteiger partial charge in [-0.05, 0) is 60.7 Å². The van der Waals surface area contributed by atoms with Crippen LogP contribution in [-0.2, 0) is 6.42 Å². The molecule has 134 valence electrons. The Balaban J connectivity index is 1.72. The fourth-order valence-electron chi connectivity index (χ4n) is 2.71. The summed E-state index contributed by atoms with van der Waals surface area (Å²) >= 11 is 5.94. The molecule has 0 aliphatic heterocycles. The Morgan fingerprint density at radius 2 is 1.65 bits per heavy atom. The lowest BCUT2D eigenvalue weighted by Gasteiger charge is -2.13. The van der Waals surface area contributed by atoms with Crippen molar-refractivity contribution in [1.82, 2.24) is 4.98 Å². The van der Waals surface area contributed by atoms with Crippen molar-refractivity contribution < 1.29 is 9.84 Å². The van der Waals surface area contributed by atoms with Gasteiger partial charge >= 0.3 is 0 Å². The van der Waals surface area contributed by atoms with E-state index in [1.165, 1.54) is 0 Å². The monoisotopic (exact) mass is 367 g/mol. The maximum atomic E-state index is 9.79. The van der Waals surface area contributed by atoms with E-state index in [-0.39, 0.29) is 6.10 Å². The molecular formula is C22H22ClNO2. The first-order chi connectivity index (χ1) is 12.7. The summed E-state index contributed by atoms with van der Waals surface area (Å²) in [7, 11) is 0. The zero-order valence-corrected chi connectivity index (χ0v) is 15.5. The highest BCUT2D eigenvalue weighted by atomic mass is 35.5. The van der Waals surface area contributed by atoms with Gasteiger partial charge in [0.05, 0.1) is 6.10 Å². The van der Waals surface area contributed by atoms with Crippen molar-refractivity contribution in [3.63, 3.8) is 0 Å². The summed E-state index contributed by atoms with van der Waals surface area (Å²) in [5, 5.41) is 10.5. The highest BCUT2D eigenvalue weighted by Crippen LogP contribution is 2.29. The van der Waals surface area contributed by atoms with E-state index >= 15 is 0 Å². The smallest absolute Gasteiger partial charge is 0.133 e. The fraction of sp³-hybridized carbons (Fsp3) is 0.227. The molecule has 3 aromatic rings. The quantitative estimate of drug-likeness (QED) is 0.565. The van der Waals surface area contributed by atoms with Crippen molar-refractivity contribution in [2.24, 2.45) is 0 Å². The summed E-state index contributed by atoms with van der Waals surface area (Å²) in [6.07, 6.45) is 5.43. The van der Waals surface area contributed by atoms with Gasteiger partial charge in [-0.2, -0.15) is 0 Å². The number of aliphatic hydroxyl groups is 1. The summed E-state index contributed by atoms with van der Waals surface area (Å²) in [6.45, 7) is 1.98. The molecule has 3 rings (SSSR count). The minimum atomic E-state index is -0.290. The number of benzene rings is 2. The summed E-state index contributed by atoms with van der Waals surface area (Å²) in [6, 6.07) is 17.6. The standard InChI is InChI=1S/C22H22ClNO2/c1-2-20(25)10-5-18-15-24-14-13-22(18)26-21-11-6-17(7-12-21)16-3-8-19(23)9-4-16/h3-4,6-9,11-15,20,25H,2,5,10H2,1H3. The van der Waals surface area contributed by atoms with Crippen LogP contribution in [0, 0.1) is 0 Å². The summed E-state index contributed by atoms with van der Waals surface area (Å²) in [5.74, 6) is 1.55. The predicted molar refractivity (Wildman–Crippen MR) is 106 cm³/mol. The topological polar surface area (TPSA) is 42.4 Å². The molecule has 0 bridgehead atoms. The van der Waals surface area contributed by atoms with Crippen molar-refractivity contribution >= 4 is 11.6 Å². The molecule has 4 heteroatoms. The van der Waals surface area contributed by atoms with Gasteiger partial charge in [0.2, 0.25) is 0 Å². The molecule has 0 radical (unpaired) electrons. The lowest BCUT2D eigenvalue weighted by atomic mass is 10.1. The maximum Gasteiger partial charge on any atom is 0.133 e. The largest absolute Gasteiger partial charge is 0.457 e. The van der Waals surface area contributed by atoms with Gasteiger partial charge in [0.15, 0.2) is 0 Å². The van der Waals surface area contributed by atoms with Crippen LogP contribution in [0.1, 0.15) is 25.3 Å². The normalized spacial score (nSPS) is 12.0. The van der Waals surface area contributed by atoms with Crippen molar-refractivity contribution in [2.45, 2.75) is 32.3 Å². The average molecular weight is 368 g/mol. The van der Waals surface area contributed by atoms with Crippen molar-refractivity contribution in [1.29, 1.82) is 0 Å². The van der Waals surface area contributed by atoms with E-state index < -0.39 is 0 Å². The molecule has 0 aliphatic rings. The first kappa shape index (κ1) is 18.4. The number of nitrogens with zero attached hydrogens (tertiary/aromatic N) is 1. The zero-order chi connectivity index (χ0) is 18.4. The van der Waals surface area contributed by atoms with Crippen molar-refractivity contribution in [3.8, 4) is 22.6 Å². The summed E-state index contributed by atoms with van der Waals surface area (Å²) in [5.41, 5.74) is 3.22. The molecular weight excluding hydrogens is 346 g/mol. The molecule has 0 amide bonds. The molecule has 0 saturated carbocycles. The Labute approximate surface area is 159 Å². The van der Waals surface area contributed by atoms with Crippen LogP contribution in [0.2, 0.25) is 5.02 Å². The van der Waals surface area contributed by atoms with E-state index in [0.717, 1.165) is 46.1 Å². The number of rotatable bonds is 7. The molecule has 2 aromatic carbocycles. The van der Waals surface area contributed by atoms with Gasteiger partial charge in [0.25, 0.3) is 0 Å². The molecule has 1 unspecified atom stereocenters. The second-order valence-corrected chi connectivity index (χ2v) is 6.65. The van der Waals surface area contributed by atoms with Gasteiger partial charge in [0.1, 0.15) is 11.5 Å². The third-order valence-electron chi connectivity index (χ3n) is 4.34. The number of hydrogen-bond donors (Lipinski definition) is 1. The average Bonchev–Trinajstić information content (AvgIpc) is 2.68. The number of ether oxygens (including phenoxy) is 1. The van der Waals surface area contributed by atoms with Gasteiger partial charge < -0.3 is 9.84 Å². The summed E-state index contributed by atoms with van der Waals surface area (Å²) in [4.78, 5) is 4.18. The van der Waals surface area contributed by atoms with E-state index in [4.69, 9.17) is 16.3 Å². The van der Waals surface area contributed by atoms with Crippen LogP contribution in [0.25, 0.3) is 11.1 Å². The second kappa shape index (κ2) is 8.84. The third-order valence-corrected chi connectivity index (χ3v) is 4.59. The van der Waals surface area contributed by atoms with Gasteiger partial charge in [-0.15, -0.1) is 0 Å². The first-order valence-corrected chi connectivity index (χ1v) is 9.18. The van der Waals surface area contributed by atoms with Gasteiger partial charge in [-0.3, -0.25) is 4.98 Å². The van der Waals surface area contributed by atoms with Crippen LogP contribution in [0.5, 0.6) is 11.5 Å². The Hall–Kier alpha value is -2.36. The van der Waals surface area contributed by atoms with Crippen LogP contribution in [0.15, 0.2) is 67.0 Å². The van der Waals surface area contributed by atoms with Gasteiger partial charge in [-0.1, -0.05) is 42.8 Å². The number of aryl methyl sites for hydroxylation is 1. The molecule has 0 spiro atoms.